The number of rotatable bonds is 2. The molecule has 1 aromatic heterocycles. The highest BCUT2D eigenvalue weighted by Gasteiger charge is 2.13. The zero-order valence-corrected chi connectivity index (χ0v) is 6.87. The second kappa shape index (κ2) is 3.03. The summed E-state index contributed by atoms with van der Waals surface area (Å²) >= 11 is 2.56. The molecule has 0 N–H and O–H groups in total. The van der Waals surface area contributed by atoms with Crippen molar-refractivity contribution in [2.24, 2.45) is 0 Å². The predicted octanol–water partition coefficient (Wildman–Crippen LogP) is 2.38. The molecule has 1 rings (SSSR count). The summed E-state index contributed by atoms with van der Waals surface area (Å²) in [5, 5.41) is 12.2. The highest BCUT2D eigenvalue weighted by Crippen LogP contribution is 2.32. The van der Waals surface area contributed by atoms with Gasteiger partial charge in [-0.25, -0.2) is 0 Å². The first kappa shape index (κ1) is 7.56. The van der Waals surface area contributed by atoms with Gasteiger partial charge in [0.25, 0.3) is 0 Å². The van der Waals surface area contributed by atoms with Gasteiger partial charge >= 0.3 is 5.00 Å². The first-order chi connectivity index (χ1) is 4.75. The zero-order valence-electron chi connectivity index (χ0n) is 5.23. The van der Waals surface area contributed by atoms with Gasteiger partial charge in [-0.2, -0.15) is 0 Å². The Morgan fingerprint density at radius 2 is 2.50 bits per heavy atom. The summed E-state index contributed by atoms with van der Waals surface area (Å²) in [5.41, 5.74) is 0. The molecule has 0 aromatic carbocycles. The van der Waals surface area contributed by atoms with Crippen molar-refractivity contribution < 1.29 is 4.92 Å². The van der Waals surface area contributed by atoms with Crippen molar-refractivity contribution in [1.29, 1.82) is 0 Å². The van der Waals surface area contributed by atoms with E-state index in [0.29, 0.717) is 0 Å². The number of nitro groups is 1. The molecule has 5 heteroatoms. The minimum atomic E-state index is -0.351. The average Bonchev–Trinajstić information content (AvgIpc) is 2.33. The molecule has 0 saturated heterocycles. The van der Waals surface area contributed by atoms with Gasteiger partial charge in [-0.3, -0.25) is 10.1 Å². The quantitative estimate of drug-likeness (QED) is 0.393. The fraction of sp³-hybridized carbons (Fsp3) is 0.200. The van der Waals surface area contributed by atoms with Crippen molar-refractivity contribution in [1.82, 2.24) is 0 Å². The lowest BCUT2D eigenvalue weighted by molar-refractivity contribution is -0.382. The smallest absolute Gasteiger partial charge is 0.258 e. The van der Waals surface area contributed by atoms with E-state index in [-0.39, 0.29) is 9.92 Å². The van der Waals surface area contributed by atoms with Crippen LogP contribution in [0.3, 0.4) is 0 Å². The second-order valence-corrected chi connectivity index (χ2v) is 3.29. The molecule has 0 bridgehead atoms. The summed E-state index contributed by atoms with van der Waals surface area (Å²) in [6.07, 6.45) is 1.83. The van der Waals surface area contributed by atoms with E-state index in [9.17, 15) is 10.1 Å². The largest absolute Gasteiger partial charge is 0.337 e. The minimum Gasteiger partial charge on any atom is -0.258 e. The summed E-state index contributed by atoms with van der Waals surface area (Å²) in [6, 6.07) is 1.76. The van der Waals surface area contributed by atoms with Gasteiger partial charge in [-0.15, -0.1) is 11.8 Å². The first-order valence-electron chi connectivity index (χ1n) is 2.51. The zero-order chi connectivity index (χ0) is 7.56. The maximum absolute atomic E-state index is 10.2. The maximum Gasteiger partial charge on any atom is 0.337 e. The molecule has 0 aliphatic carbocycles. The summed E-state index contributed by atoms with van der Waals surface area (Å²) in [4.78, 5) is 10.6. The van der Waals surface area contributed by atoms with Gasteiger partial charge in [0, 0.05) is 0 Å². The van der Waals surface area contributed by atoms with Crippen molar-refractivity contribution >= 4 is 28.1 Å². The minimum absolute atomic E-state index is 0.243. The van der Waals surface area contributed by atoms with E-state index in [1.807, 2.05) is 6.26 Å². The first-order valence-corrected chi connectivity index (χ1v) is 4.62. The lowest BCUT2D eigenvalue weighted by Crippen LogP contribution is -1.83. The number of thioether (sulfide) groups is 1. The van der Waals surface area contributed by atoms with Gasteiger partial charge in [-0.05, 0) is 17.7 Å². The Balaban J connectivity index is 3.01. The van der Waals surface area contributed by atoms with Crippen molar-refractivity contribution in [3.8, 4) is 0 Å². The maximum atomic E-state index is 10.2. The average molecular weight is 175 g/mol. The molecule has 0 fully saturated rings. The molecule has 0 aliphatic heterocycles. The standard InChI is InChI=1S/C5H5NO2S2/c1-9-4-2-3-10-5(4)6(7)8/h2-3H,1H3. The Labute approximate surface area is 66.2 Å². The number of nitrogens with zero attached hydrogens (tertiary/aromatic N) is 1. The van der Waals surface area contributed by atoms with Gasteiger partial charge < -0.3 is 0 Å². The van der Waals surface area contributed by atoms with Crippen LogP contribution < -0.4 is 0 Å². The van der Waals surface area contributed by atoms with Crippen LogP contribution in [0, 0.1) is 10.1 Å². The molecule has 0 amide bonds. The molecular formula is C5H5NO2S2. The van der Waals surface area contributed by atoms with E-state index >= 15 is 0 Å². The van der Waals surface area contributed by atoms with Crippen LogP contribution in [0.4, 0.5) is 5.00 Å². The van der Waals surface area contributed by atoms with E-state index in [1.165, 1.54) is 11.8 Å². The molecule has 0 unspecified atom stereocenters. The van der Waals surface area contributed by atoms with Crippen molar-refractivity contribution in [3.05, 3.63) is 21.6 Å². The van der Waals surface area contributed by atoms with Crippen LogP contribution in [-0.2, 0) is 0 Å². The lowest BCUT2D eigenvalue weighted by Gasteiger charge is -1.87. The van der Waals surface area contributed by atoms with E-state index in [1.54, 1.807) is 11.4 Å². The Bertz CT molecular complexity index is 246. The van der Waals surface area contributed by atoms with Gasteiger partial charge in [0.1, 0.15) is 0 Å². The Hall–Kier alpha value is -0.550. The molecule has 0 radical (unpaired) electrons. The van der Waals surface area contributed by atoms with Crippen LogP contribution in [-0.4, -0.2) is 11.2 Å². The highest BCUT2D eigenvalue weighted by atomic mass is 32.2. The second-order valence-electron chi connectivity index (χ2n) is 1.55. The van der Waals surface area contributed by atoms with Crippen LogP contribution in [0.2, 0.25) is 0 Å². The summed E-state index contributed by atoms with van der Waals surface area (Å²) in [5.74, 6) is 0. The highest BCUT2D eigenvalue weighted by molar-refractivity contribution is 7.98. The molecule has 1 aromatic rings. The number of hydrogen-bond donors (Lipinski definition) is 0. The van der Waals surface area contributed by atoms with Gasteiger partial charge in [0.2, 0.25) is 0 Å². The topological polar surface area (TPSA) is 43.1 Å². The number of hydrogen-bond acceptors (Lipinski definition) is 4. The lowest BCUT2D eigenvalue weighted by atomic mass is 10.6. The Morgan fingerprint density at radius 1 is 1.80 bits per heavy atom. The summed E-state index contributed by atoms with van der Waals surface area (Å²) < 4.78 is 0. The van der Waals surface area contributed by atoms with E-state index in [0.717, 1.165) is 16.2 Å². The van der Waals surface area contributed by atoms with Crippen molar-refractivity contribution in [2.75, 3.05) is 6.26 Å². The fourth-order valence-electron chi connectivity index (χ4n) is 0.578. The van der Waals surface area contributed by atoms with Crippen molar-refractivity contribution in [2.45, 2.75) is 4.90 Å². The van der Waals surface area contributed by atoms with Gasteiger partial charge in [-0.1, -0.05) is 11.3 Å². The van der Waals surface area contributed by atoms with Crippen LogP contribution in [0.1, 0.15) is 0 Å². The molecule has 0 spiro atoms. The molecule has 54 valence electrons. The normalized spacial score (nSPS) is 9.70. The SMILES string of the molecule is CSc1ccsc1[N+](=O)[O-]. The molecule has 1 heterocycles. The Morgan fingerprint density at radius 3 is 2.90 bits per heavy atom. The van der Waals surface area contributed by atoms with Crippen LogP contribution in [0.5, 0.6) is 0 Å². The molecule has 0 saturated carbocycles. The molecule has 10 heavy (non-hydrogen) atoms. The Kier molecular flexibility index (Phi) is 2.29. The molecule has 0 aliphatic rings. The molecular weight excluding hydrogens is 170 g/mol. The summed E-state index contributed by atoms with van der Waals surface area (Å²) in [6.45, 7) is 0. The molecule has 0 atom stereocenters. The van der Waals surface area contributed by atoms with Crippen LogP contribution in [0.15, 0.2) is 16.3 Å². The van der Waals surface area contributed by atoms with Crippen LogP contribution in [0.25, 0.3) is 0 Å². The predicted molar refractivity (Wildman–Crippen MR) is 42.8 cm³/mol. The van der Waals surface area contributed by atoms with E-state index in [4.69, 9.17) is 0 Å². The number of thiophene rings is 1. The third-order valence-corrected chi connectivity index (χ3v) is 2.76. The van der Waals surface area contributed by atoms with Crippen LogP contribution >= 0.6 is 23.1 Å². The monoisotopic (exact) mass is 175 g/mol. The van der Waals surface area contributed by atoms with E-state index < -0.39 is 0 Å². The van der Waals surface area contributed by atoms with Gasteiger partial charge in [0.15, 0.2) is 0 Å². The van der Waals surface area contributed by atoms with Crippen molar-refractivity contribution in [3.63, 3.8) is 0 Å². The van der Waals surface area contributed by atoms with Gasteiger partial charge in [0.05, 0.1) is 9.82 Å². The third-order valence-electron chi connectivity index (χ3n) is 0.996. The molecule has 3 nitrogen and oxygen atoms in total. The third kappa shape index (κ3) is 1.30. The van der Waals surface area contributed by atoms with E-state index in [2.05, 4.69) is 0 Å². The fourth-order valence-corrected chi connectivity index (χ4v) is 2.12. The summed E-state index contributed by atoms with van der Waals surface area (Å²) in [7, 11) is 0.